The fourth-order valence-corrected chi connectivity index (χ4v) is 4.08. The second-order valence-corrected chi connectivity index (χ2v) is 7.82. The van der Waals surface area contributed by atoms with E-state index >= 15 is 0 Å². The quantitative estimate of drug-likeness (QED) is 0.902. The highest BCUT2D eigenvalue weighted by Crippen LogP contribution is 2.33. The predicted octanol–water partition coefficient (Wildman–Crippen LogP) is 2.50. The van der Waals surface area contributed by atoms with Crippen LogP contribution in [0.2, 0.25) is 0 Å². The Morgan fingerprint density at radius 3 is 3.18 bits per heavy atom. The maximum absolute atomic E-state index is 6.44. The summed E-state index contributed by atoms with van der Waals surface area (Å²) >= 11 is 1.80. The van der Waals surface area contributed by atoms with Crippen LogP contribution in [0.25, 0.3) is 0 Å². The van der Waals surface area contributed by atoms with E-state index in [4.69, 9.17) is 9.47 Å². The van der Waals surface area contributed by atoms with Gasteiger partial charge < -0.3 is 14.8 Å². The van der Waals surface area contributed by atoms with Gasteiger partial charge in [0.25, 0.3) is 0 Å². The summed E-state index contributed by atoms with van der Waals surface area (Å²) in [4.78, 5) is 3.88. The Labute approximate surface area is 137 Å². The van der Waals surface area contributed by atoms with Crippen molar-refractivity contribution in [3.05, 3.63) is 22.4 Å². The van der Waals surface area contributed by atoms with E-state index in [2.05, 4.69) is 41.6 Å². The second kappa shape index (κ2) is 7.41. The lowest BCUT2D eigenvalue weighted by Gasteiger charge is -2.34. The van der Waals surface area contributed by atoms with Gasteiger partial charge >= 0.3 is 0 Å². The molecule has 1 aromatic heterocycles. The number of nitrogens with zero attached hydrogens (tertiary/aromatic N) is 1. The van der Waals surface area contributed by atoms with Crippen LogP contribution in [-0.4, -0.2) is 55.5 Å². The van der Waals surface area contributed by atoms with Crippen LogP contribution in [0.1, 0.15) is 31.6 Å². The fourth-order valence-electron chi connectivity index (χ4n) is 3.41. The number of hydrogen-bond donors (Lipinski definition) is 1. The minimum atomic E-state index is -0.0873. The van der Waals surface area contributed by atoms with Crippen LogP contribution in [0, 0.1) is 0 Å². The first-order valence-electron chi connectivity index (χ1n) is 8.40. The summed E-state index contributed by atoms with van der Waals surface area (Å²) in [6.45, 7) is 9.99. The lowest BCUT2D eigenvalue weighted by Crippen LogP contribution is -2.47. The third-order valence-electron chi connectivity index (χ3n) is 4.70. The van der Waals surface area contributed by atoms with E-state index in [-0.39, 0.29) is 5.60 Å². The zero-order valence-corrected chi connectivity index (χ0v) is 14.5. The van der Waals surface area contributed by atoms with E-state index in [9.17, 15) is 0 Å². The standard InChI is InChI=1S/C17H28N2O2S/c1-14(2)19-7-8-20-13-17(12-19)6-5-15(21-17)10-18-11-16-4-3-9-22-16/h3-4,9,14-15,18H,5-8,10-13H2,1-2H3/t15-,17+/m1/s1. The van der Waals surface area contributed by atoms with Crippen molar-refractivity contribution in [3.8, 4) is 0 Å². The molecule has 2 aliphatic heterocycles. The zero-order chi connectivity index (χ0) is 15.4. The number of ether oxygens (including phenoxy) is 2. The Morgan fingerprint density at radius 1 is 1.50 bits per heavy atom. The molecule has 2 atom stereocenters. The molecule has 4 nitrogen and oxygen atoms in total. The molecule has 0 aromatic carbocycles. The van der Waals surface area contributed by atoms with Gasteiger partial charge in [-0.2, -0.15) is 0 Å². The van der Waals surface area contributed by atoms with Crippen molar-refractivity contribution in [2.45, 2.75) is 51.0 Å². The van der Waals surface area contributed by atoms with E-state index in [0.29, 0.717) is 12.1 Å². The topological polar surface area (TPSA) is 33.7 Å². The van der Waals surface area contributed by atoms with Crippen LogP contribution in [-0.2, 0) is 16.0 Å². The van der Waals surface area contributed by atoms with Crippen molar-refractivity contribution in [1.82, 2.24) is 10.2 Å². The number of nitrogens with one attached hydrogen (secondary N) is 1. The van der Waals surface area contributed by atoms with Crippen molar-refractivity contribution in [1.29, 1.82) is 0 Å². The van der Waals surface area contributed by atoms with Gasteiger partial charge in [0.1, 0.15) is 5.60 Å². The molecule has 1 N–H and O–H groups in total. The molecule has 3 heterocycles. The molecule has 3 rings (SSSR count). The molecular formula is C17H28N2O2S. The first kappa shape index (κ1) is 16.4. The van der Waals surface area contributed by atoms with Gasteiger partial charge in [-0.3, -0.25) is 4.90 Å². The monoisotopic (exact) mass is 324 g/mol. The Hall–Kier alpha value is -0.460. The molecule has 2 fully saturated rings. The third kappa shape index (κ3) is 4.09. The molecule has 124 valence electrons. The lowest BCUT2D eigenvalue weighted by atomic mass is 9.99. The number of hydrogen-bond acceptors (Lipinski definition) is 5. The van der Waals surface area contributed by atoms with Crippen molar-refractivity contribution < 1.29 is 9.47 Å². The van der Waals surface area contributed by atoms with Gasteiger partial charge in [0.15, 0.2) is 0 Å². The SMILES string of the molecule is CC(C)N1CCOC[C@]2(CC[C@H](CNCc3cccs3)O2)C1. The zero-order valence-electron chi connectivity index (χ0n) is 13.7. The second-order valence-electron chi connectivity index (χ2n) is 6.79. The van der Waals surface area contributed by atoms with Crippen molar-refractivity contribution >= 4 is 11.3 Å². The third-order valence-corrected chi connectivity index (χ3v) is 5.58. The van der Waals surface area contributed by atoms with E-state index < -0.39 is 0 Å². The number of thiophene rings is 1. The summed E-state index contributed by atoms with van der Waals surface area (Å²) in [5.41, 5.74) is -0.0873. The summed E-state index contributed by atoms with van der Waals surface area (Å²) in [5.74, 6) is 0. The Bertz CT molecular complexity index is 452. The summed E-state index contributed by atoms with van der Waals surface area (Å²) in [5, 5.41) is 5.66. The van der Waals surface area contributed by atoms with Gasteiger partial charge in [0.2, 0.25) is 0 Å². The summed E-state index contributed by atoms with van der Waals surface area (Å²) in [6, 6.07) is 4.83. The molecule has 1 aromatic rings. The van der Waals surface area contributed by atoms with Crippen LogP contribution in [0.4, 0.5) is 0 Å². The molecule has 0 amide bonds. The maximum atomic E-state index is 6.44. The molecule has 2 aliphatic rings. The highest BCUT2D eigenvalue weighted by Gasteiger charge is 2.43. The summed E-state index contributed by atoms with van der Waals surface area (Å²) < 4.78 is 12.3. The Balaban J connectivity index is 1.49. The van der Waals surface area contributed by atoms with Gasteiger partial charge in [0, 0.05) is 37.1 Å². The van der Waals surface area contributed by atoms with E-state index in [0.717, 1.165) is 52.2 Å². The van der Waals surface area contributed by atoms with E-state index in [1.54, 1.807) is 11.3 Å². The minimum Gasteiger partial charge on any atom is -0.377 e. The molecular weight excluding hydrogens is 296 g/mol. The summed E-state index contributed by atoms with van der Waals surface area (Å²) in [6.07, 6.45) is 2.56. The van der Waals surface area contributed by atoms with Crippen LogP contribution < -0.4 is 5.32 Å². The predicted molar refractivity (Wildman–Crippen MR) is 90.4 cm³/mol. The fraction of sp³-hybridized carbons (Fsp3) is 0.765. The minimum absolute atomic E-state index is 0.0873. The van der Waals surface area contributed by atoms with Gasteiger partial charge in [0.05, 0.1) is 19.3 Å². The highest BCUT2D eigenvalue weighted by molar-refractivity contribution is 7.09. The van der Waals surface area contributed by atoms with Gasteiger partial charge in [-0.1, -0.05) is 6.07 Å². The van der Waals surface area contributed by atoms with Crippen LogP contribution in [0.3, 0.4) is 0 Å². The molecule has 2 saturated heterocycles. The van der Waals surface area contributed by atoms with Crippen molar-refractivity contribution in [2.75, 3.05) is 32.8 Å². The number of rotatable bonds is 5. The van der Waals surface area contributed by atoms with Crippen molar-refractivity contribution in [3.63, 3.8) is 0 Å². The van der Waals surface area contributed by atoms with Gasteiger partial charge in [-0.15, -0.1) is 11.3 Å². The van der Waals surface area contributed by atoms with Crippen LogP contribution in [0.15, 0.2) is 17.5 Å². The molecule has 0 radical (unpaired) electrons. The highest BCUT2D eigenvalue weighted by atomic mass is 32.1. The molecule has 5 heteroatoms. The normalized spacial score (nSPS) is 30.2. The van der Waals surface area contributed by atoms with Gasteiger partial charge in [-0.05, 0) is 38.1 Å². The molecule has 0 aliphatic carbocycles. The molecule has 0 saturated carbocycles. The smallest absolute Gasteiger partial charge is 0.105 e. The van der Waals surface area contributed by atoms with E-state index in [1.807, 2.05) is 0 Å². The molecule has 0 bridgehead atoms. The first-order chi connectivity index (χ1) is 10.7. The van der Waals surface area contributed by atoms with Gasteiger partial charge in [-0.25, -0.2) is 0 Å². The maximum Gasteiger partial charge on any atom is 0.105 e. The molecule has 0 unspecified atom stereocenters. The van der Waals surface area contributed by atoms with E-state index in [1.165, 1.54) is 4.88 Å². The molecule has 1 spiro atoms. The summed E-state index contributed by atoms with van der Waals surface area (Å²) in [7, 11) is 0. The van der Waals surface area contributed by atoms with Crippen LogP contribution >= 0.6 is 11.3 Å². The Kier molecular flexibility index (Phi) is 5.52. The molecule has 22 heavy (non-hydrogen) atoms. The average molecular weight is 324 g/mol. The van der Waals surface area contributed by atoms with Crippen molar-refractivity contribution in [2.24, 2.45) is 0 Å². The first-order valence-corrected chi connectivity index (χ1v) is 9.28. The lowest BCUT2D eigenvalue weighted by molar-refractivity contribution is -0.0866. The Morgan fingerprint density at radius 2 is 2.41 bits per heavy atom. The average Bonchev–Trinajstić information content (AvgIpc) is 3.07. The largest absolute Gasteiger partial charge is 0.377 e. The van der Waals surface area contributed by atoms with Crippen LogP contribution in [0.5, 0.6) is 0 Å².